The van der Waals surface area contributed by atoms with Gasteiger partial charge in [-0.1, -0.05) is 23.7 Å². The highest BCUT2D eigenvalue weighted by Gasteiger charge is 2.18. The molecule has 1 aliphatic rings. The molecule has 7 heteroatoms. The molecule has 1 saturated heterocycles. The van der Waals surface area contributed by atoms with Crippen LogP contribution in [-0.2, 0) is 0 Å². The molecular formula is C18H21ClN4O2. The first-order chi connectivity index (χ1) is 12.1. The van der Waals surface area contributed by atoms with Crippen molar-refractivity contribution in [3.8, 4) is 5.75 Å². The molecule has 1 aromatic carbocycles. The highest BCUT2D eigenvalue weighted by molar-refractivity contribution is 6.32. The molecule has 25 heavy (non-hydrogen) atoms. The summed E-state index contributed by atoms with van der Waals surface area (Å²) in [6.07, 6.45) is 1.62. The summed E-state index contributed by atoms with van der Waals surface area (Å²) in [5, 5.41) is 0.635. The van der Waals surface area contributed by atoms with Gasteiger partial charge in [0.1, 0.15) is 18.1 Å². The fourth-order valence-electron chi connectivity index (χ4n) is 2.83. The Balaban J connectivity index is 1.46. The number of carbonyl (C=O) groups is 1. The highest BCUT2D eigenvalue weighted by atomic mass is 35.5. The normalized spacial score (nSPS) is 15.2. The van der Waals surface area contributed by atoms with Crippen molar-refractivity contribution in [2.45, 2.75) is 0 Å². The minimum Gasteiger partial charge on any atom is -0.491 e. The van der Waals surface area contributed by atoms with Crippen LogP contribution < -0.4 is 15.4 Å². The van der Waals surface area contributed by atoms with Crippen molar-refractivity contribution in [2.75, 3.05) is 44.2 Å². The van der Waals surface area contributed by atoms with Gasteiger partial charge in [0.2, 0.25) is 0 Å². The average molecular weight is 361 g/mol. The van der Waals surface area contributed by atoms with Gasteiger partial charge in [0.15, 0.2) is 0 Å². The van der Waals surface area contributed by atoms with Gasteiger partial charge in [0, 0.05) is 44.6 Å². The summed E-state index contributed by atoms with van der Waals surface area (Å²) in [5.74, 6) is 0.218. The predicted molar refractivity (Wildman–Crippen MR) is 98.4 cm³/mol. The lowest BCUT2D eigenvalue weighted by Crippen LogP contribution is -2.47. The molecule has 2 N–H and O–H groups in total. The van der Waals surface area contributed by atoms with Crippen LogP contribution in [0.5, 0.6) is 5.75 Å². The number of carbonyl (C=O) groups excluding carboxylic acids is 1. The molecule has 3 rings (SSSR count). The minimum atomic E-state index is -0.503. The summed E-state index contributed by atoms with van der Waals surface area (Å²) in [4.78, 5) is 19.8. The van der Waals surface area contributed by atoms with Crippen LogP contribution in [0.1, 0.15) is 10.5 Å². The monoisotopic (exact) mass is 360 g/mol. The van der Waals surface area contributed by atoms with Gasteiger partial charge in [-0.2, -0.15) is 0 Å². The van der Waals surface area contributed by atoms with Crippen LogP contribution >= 0.6 is 11.6 Å². The maximum Gasteiger partial charge on any atom is 0.267 e. The van der Waals surface area contributed by atoms with Crippen molar-refractivity contribution in [1.82, 2.24) is 9.88 Å². The zero-order valence-corrected chi connectivity index (χ0v) is 14.7. The largest absolute Gasteiger partial charge is 0.491 e. The van der Waals surface area contributed by atoms with E-state index in [1.807, 2.05) is 30.3 Å². The number of halogens is 1. The zero-order chi connectivity index (χ0) is 17.6. The number of aromatic nitrogens is 1. The van der Waals surface area contributed by atoms with Crippen LogP contribution in [0, 0.1) is 0 Å². The molecule has 132 valence electrons. The number of piperazine rings is 1. The number of ether oxygens (including phenoxy) is 1. The molecular weight excluding hydrogens is 340 g/mol. The Morgan fingerprint density at radius 1 is 1.20 bits per heavy atom. The summed E-state index contributed by atoms with van der Waals surface area (Å²) >= 11 is 6.08. The molecule has 2 aromatic rings. The molecule has 0 saturated carbocycles. The Kier molecular flexibility index (Phi) is 5.73. The number of nitrogens with zero attached hydrogens (tertiary/aromatic N) is 3. The van der Waals surface area contributed by atoms with Crippen molar-refractivity contribution in [1.29, 1.82) is 0 Å². The molecule has 2 heterocycles. The van der Waals surface area contributed by atoms with Crippen molar-refractivity contribution >= 4 is 23.2 Å². The van der Waals surface area contributed by atoms with E-state index >= 15 is 0 Å². The molecule has 0 atom stereocenters. The van der Waals surface area contributed by atoms with Crippen LogP contribution in [0.4, 0.5) is 5.69 Å². The summed E-state index contributed by atoms with van der Waals surface area (Å²) in [6, 6.07) is 11.2. The maximum absolute atomic E-state index is 11.3. The van der Waals surface area contributed by atoms with Gasteiger partial charge in [-0.05, 0) is 24.3 Å². The fourth-order valence-corrected chi connectivity index (χ4v) is 3.02. The molecule has 6 nitrogen and oxygen atoms in total. The van der Waals surface area contributed by atoms with Crippen molar-refractivity contribution in [2.24, 2.45) is 5.73 Å². The molecule has 1 amide bonds. The molecule has 0 aliphatic carbocycles. The van der Waals surface area contributed by atoms with Crippen molar-refractivity contribution in [3.05, 3.63) is 53.3 Å². The number of benzene rings is 1. The Morgan fingerprint density at radius 3 is 2.68 bits per heavy atom. The van der Waals surface area contributed by atoms with Gasteiger partial charge in [0.05, 0.1) is 5.02 Å². The number of rotatable bonds is 6. The summed E-state index contributed by atoms with van der Waals surface area (Å²) in [7, 11) is 0. The Hall–Kier alpha value is -2.31. The summed E-state index contributed by atoms with van der Waals surface area (Å²) in [5.41, 5.74) is 6.58. The molecule has 0 spiro atoms. The standard InChI is InChI=1S/C18H21ClN4O2/c19-15-3-1-2-4-17(15)25-12-11-22-7-9-23(10-8-22)14-5-6-21-16(13-14)18(20)24/h1-6,13H,7-12H2,(H2,20,24). The van der Waals surface area contributed by atoms with E-state index in [9.17, 15) is 4.79 Å². The lowest BCUT2D eigenvalue weighted by molar-refractivity contribution is 0.0995. The summed E-state index contributed by atoms with van der Waals surface area (Å²) < 4.78 is 5.75. The second kappa shape index (κ2) is 8.18. The van der Waals surface area contributed by atoms with Gasteiger partial charge < -0.3 is 15.4 Å². The summed E-state index contributed by atoms with van der Waals surface area (Å²) in [6.45, 7) is 5.08. The van der Waals surface area contributed by atoms with Crippen LogP contribution in [0.15, 0.2) is 42.6 Å². The second-order valence-corrected chi connectivity index (χ2v) is 6.28. The number of pyridine rings is 1. The van der Waals surface area contributed by atoms with E-state index in [1.54, 1.807) is 12.3 Å². The number of hydrogen-bond acceptors (Lipinski definition) is 5. The van der Waals surface area contributed by atoms with Gasteiger partial charge in [-0.25, -0.2) is 0 Å². The predicted octanol–water partition coefficient (Wildman–Crippen LogP) is 2.03. The van der Waals surface area contributed by atoms with E-state index < -0.39 is 5.91 Å². The van der Waals surface area contributed by atoms with Crippen LogP contribution in [0.2, 0.25) is 5.02 Å². The van der Waals surface area contributed by atoms with Crippen LogP contribution in [0.3, 0.4) is 0 Å². The first-order valence-electron chi connectivity index (χ1n) is 8.24. The van der Waals surface area contributed by atoms with E-state index in [1.165, 1.54) is 0 Å². The van der Waals surface area contributed by atoms with E-state index in [2.05, 4.69) is 14.8 Å². The smallest absolute Gasteiger partial charge is 0.267 e. The number of anilines is 1. The lowest BCUT2D eigenvalue weighted by atomic mass is 10.2. The van der Waals surface area contributed by atoms with Gasteiger partial charge in [-0.3, -0.25) is 14.7 Å². The Morgan fingerprint density at radius 2 is 1.96 bits per heavy atom. The lowest BCUT2D eigenvalue weighted by Gasteiger charge is -2.36. The number of primary amides is 1. The quantitative estimate of drug-likeness (QED) is 0.853. The van der Waals surface area contributed by atoms with Gasteiger partial charge >= 0.3 is 0 Å². The first kappa shape index (κ1) is 17.5. The third-order valence-electron chi connectivity index (χ3n) is 4.24. The molecule has 1 aliphatic heterocycles. The fraction of sp³-hybridized carbons (Fsp3) is 0.333. The van der Waals surface area contributed by atoms with Crippen LogP contribution in [0.25, 0.3) is 0 Å². The third kappa shape index (κ3) is 4.61. The average Bonchev–Trinajstić information content (AvgIpc) is 2.64. The van der Waals surface area contributed by atoms with E-state index in [0.29, 0.717) is 17.3 Å². The second-order valence-electron chi connectivity index (χ2n) is 5.87. The minimum absolute atomic E-state index is 0.299. The van der Waals surface area contributed by atoms with E-state index in [0.717, 1.165) is 44.2 Å². The molecule has 0 unspecified atom stereocenters. The molecule has 0 bridgehead atoms. The molecule has 1 aromatic heterocycles. The number of amides is 1. The third-order valence-corrected chi connectivity index (χ3v) is 4.55. The Bertz CT molecular complexity index is 733. The topological polar surface area (TPSA) is 71.7 Å². The van der Waals surface area contributed by atoms with Crippen molar-refractivity contribution < 1.29 is 9.53 Å². The first-order valence-corrected chi connectivity index (χ1v) is 8.62. The van der Waals surface area contributed by atoms with E-state index in [-0.39, 0.29) is 0 Å². The van der Waals surface area contributed by atoms with Gasteiger partial charge in [0.25, 0.3) is 5.91 Å². The van der Waals surface area contributed by atoms with Crippen LogP contribution in [-0.4, -0.2) is 55.1 Å². The maximum atomic E-state index is 11.3. The SMILES string of the molecule is NC(=O)c1cc(N2CCN(CCOc3ccccc3Cl)CC2)ccn1. The van der Waals surface area contributed by atoms with Crippen molar-refractivity contribution in [3.63, 3.8) is 0 Å². The number of para-hydroxylation sites is 1. The molecule has 1 fully saturated rings. The zero-order valence-electron chi connectivity index (χ0n) is 13.9. The van der Waals surface area contributed by atoms with E-state index in [4.69, 9.17) is 22.1 Å². The van der Waals surface area contributed by atoms with Gasteiger partial charge in [-0.15, -0.1) is 0 Å². The number of hydrogen-bond donors (Lipinski definition) is 1. The number of nitrogens with two attached hydrogens (primary N) is 1. The Labute approximate surface area is 152 Å². The highest BCUT2D eigenvalue weighted by Crippen LogP contribution is 2.23. The molecule has 0 radical (unpaired) electrons.